The Hall–Kier alpha value is -0.570. The molecule has 1 fully saturated rings. The number of primary amides is 1. The summed E-state index contributed by atoms with van der Waals surface area (Å²) in [6.45, 7) is 6.73. The highest BCUT2D eigenvalue weighted by molar-refractivity contribution is 5.76. The molecule has 1 amide bonds. The van der Waals surface area contributed by atoms with Gasteiger partial charge >= 0.3 is 0 Å². The van der Waals surface area contributed by atoms with Crippen LogP contribution in [0.15, 0.2) is 0 Å². The van der Waals surface area contributed by atoms with Gasteiger partial charge in [0.05, 0.1) is 0 Å². The van der Waals surface area contributed by atoms with E-state index in [0.29, 0.717) is 18.0 Å². The summed E-state index contributed by atoms with van der Waals surface area (Å²) in [4.78, 5) is 11.2. The SMILES string of the molecule is CCC(C)C(C)NC1CCCC(C(N)=O)C1. The Labute approximate surface area is 99.2 Å². The highest BCUT2D eigenvalue weighted by atomic mass is 16.1. The maximum Gasteiger partial charge on any atom is 0.220 e. The smallest absolute Gasteiger partial charge is 0.220 e. The Kier molecular flexibility index (Phi) is 5.26. The third kappa shape index (κ3) is 3.78. The van der Waals surface area contributed by atoms with Crippen LogP contribution in [0.1, 0.15) is 52.9 Å². The van der Waals surface area contributed by atoms with E-state index in [9.17, 15) is 4.79 Å². The van der Waals surface area contributed by atoms with E-state index in [4.69, 9.17) is 5.73 Å². The number of nitrogens with two attached hydrogens (primary N) is 1. The predicted octanol–water partition coefficient (Wildman–Crippen LogP) is 2.05. The molecule has 94 valence electrons. The lowest BCUT2D eigenvalue weighted by Gasteiger charge is -2.32. The molecule has 3 heteroatoms. The fourth-order valence-corrected chi connectivity index (χ4v) is 2.49. The van der Waals surface area contributed by atoms with E-state index in [1.165, 1.54) is 12.8 Å². The molecule has 0 saturated heterocycles. The van der Waals surface area contributed by atoms with Crippen molar-refractivity contribution >= 4 is 5.91 Å². The van der Waals surface area contributed by atoms with Crippen LogP contribution in [-0.4, -0.2) is 18.0 Å². The third-order valence-corrected chi connectivity index (χ3v) is 4.07. The van der Waals surface area contributed by atoms with Gasteiger partial charge in [0.15, 0.2) is 0 Å². The summed E-state index contributed by atoms with van der Waals surface area (Å²) in [6, 6.07) is 1.01. The minimum Gasteiger partial charge on any atom is -0.369 e. The summed E-state index contributed by atoms with van der Waals surface area (Å²) < 4.78 is 0. The molecule has 0 bridgehead atoms. The molecule has 1 aliphatic carbocycles. The molecule has 4 atom stereocenters. The molecule has 0 spiro atoms. The van der Waals surface area contributed by atoms with Crippen LogP contribution in [0.2, 0.25) is 0 Å². The van der Waals surface area contributed by atoms with Crippen molar-refractivity contribution in [1.82, 2.24) is 5.32 Å². The average molecular weight is 226 g/mol. The number of hydrogen-bond acceptors (Lipinski definition) is 2. The molecule has 0 aromatic rings. The Morgan fingerprint density at radius 1 is 1.44 bits per heavy atom. The normalized spacial score (nSPS) is 29.7. The molecule has 3 nitrogen and oxygen atoms in total. The summed E-state index contributed by atoms with van der Waals surface area (Å²) in [5.74, 6) is 0.659. The van der Waals surface area contributed by atoms with E-state index >= 15 is 0 Å². The predicted molar refractivity (Wildman–Crippen MR) is 67.0 cm³/mol. The van der Waals surface area contributed by atoms with E-state index in [1.807, 2.05) is 0 Å². The van der Waals surface area contributed by atoms with Crippen molar-refractivity contribution in [3.63, 3.8) is 0 Å². The van der Waals surface area contributed by atoms with Gasteiger partial charge in [0.2, 0.25) is 5.91 Å². The lowest BCUT2D eigenvalue weighted by molar-refractivity contribution is -0.123. The zero-order chi connectivity index (χ0) is 12.1. The summed E-state index contributed by atoms with van der Waals surface area (Å²) in [7, 11) is 0. The number of nitrogens with one attached hydrogen (secondary N) is 1. The fourth-order valence-electron chi connectivity index (χ4n) is 2.49. The Bertz CT molecular complexity index is 230. The van der Waals surface area contributed by atoms with Crippen molar-refractivity contribution in [1.29, 1.82) is 0 Å². The van der Waals surface area contributed by atoms with Crippen LogP contribution in [-0.2, 0) is 4.79 Å². The van der Waals surface area contributed by atoms with E-state index in [1.54, 1.807) is 0 Å². The number of carbonyl (C=O) groups excluding carboxylic acids is 1. The van der Waals surface area contributed by atoms with Gasteiger partial charge in [-0.2, -0.15) is 0 Å². The van der Waals surface area contributed by atoms with Crippen LogP contribution in [0.3, 0.4) is 0 Å². The second-order valence-electron chi connectivity index (χ2n) is 5.30. The van der Waals surface area contributed by atoms with Gasteiger partial charge in [-0.15, -0.1) is 0 Å². The summed E-state index contributed by atoms with van der Waals surface area (Å²) in [5.41, 5.74) is 5.38. The molecule has 0 aliphatic heterocycles. The molecule has 1 saturated carbocycles. The van der Waals surface area contributed by atoms with E-state index in [-0.39, 0.29) is 11.8 Å². The van der Waals surface area contributed by atoms with Crippen molar-refractivity contribution in [2.75, 3.05) is 0 Å². The largest absolute Gasteiger partial charge is 0.369 e. The zero-order valence-electron chi connectivity index (χ0n) is 10.8. The van der Waals surface area contributed by atoms with Crippen LogP contribution in [0, 0.1) is 11.8 Å². The Morgan fingerprint density at radius 2 is 2.12 bits per heavy atom. The van der Waals surface area contributed by atoms with Crippen molar-refractivity contribution in [2.45, 2.75) is 65.0 Å². The molecule has 0 aromatic carbocycles. The summed E-state index contributed by atoms with van der Waals surface area (Å²) in [5, 5.41) is 3.65. The molecule has 3 N–H and O–H groups in total. The first-order chi connectivity index (χ1) is 7.54. The second kappa shape index (κ2) is 6.24. The molecule has 0 heterocycles. The quantitative estimate of drug-likeness (QED) is 0.754. The lowest BCUT2D eigenvalue weighted by atomic mass is 9.84. The first kappa shape index (κ1) is 13.5. The molecular weight excluding hydrogens is 200 g/mol. The molecule has 16 heavy (non-hydrogen) atoms. The number of rotatable bonds is 5. The number of carbonyl (C=O) groups is 1. The van der Waals surface area contributed by atoms with Crippen molar-refractivity contribution < 1.29 is 4.79 Å². The van der Waals surface area contributed by atoms with Crippen molar-refractivity contribution in [3.8, 4) is 0 Å². The zero-order valence-corrected chi connectivity index (χ0v) is 10.8. The maximum absolute atomic E-state index is 11.2. The first-order valence-electron chi connectivity index (χ1n) is 6.60. The van der Waals surface area contributed by atoms with Crippen molar-refractivity contribution in [3.05, 3.63) is 0 Å². The third-order valence-electron chi connectivity index (χ3n) is 4.07. The molecule has 1 aliphatic rings. The van der Waals surface area contributed by atoms with E-state index in [0.717, 1.165) is 19.3 Å². The topological polar surface area (TPSA) is 55.1 Å². The van der Waals surface area contributed by atoms with Gasteiger partial charge in [-0.05, 0) is 32.1 Å². The van der Waals surface area contributed by atoms with Crippen LogP contribution < -0.4 is 11.1 Å². The molecule has 1 rings (SSSR count). The van der Waals surface area contributed by atoms with Gasteiger partial charge in [-0.25, -0.2) is 0 Å². The Balaban J connectivity index is 2.39. The van der Waals surface area contributed by atoms with Gasteiger partial charge in [0, 0.05) is 18.0 Å². The van der Waals surface area contributed by atoms with Gasteiger partial charge in [-0.3, -0.25) is 4.79 Å². The van der Waals surface area contributed by atoms with E-state index < -0.39 is 0 Å². The highest BCUT2D eigenvalue weighted by Gasteiger charge is 2.26. The minimum absolute atomic E-state index is 0.0929. The lowest BCUT2D eigenvalue weighted by Crippen LogP contribution is -2.44. The van der Waals surface area contributed by atoms with Crippen LogP contribution in [0.4, 0.5) is 0 Å². The molecular formula is C13H26N2O. The second-order valence-corrected chi connectivity index (χ2v) is 5.30. The monoisotopic (exact) mass is 226 g/mol. The maximum atomic E-state index is 11.2. The average Bonchev–Trinajstić information content (AvgIpc) is 2.28. The van der Waals surface area contributed by atoms with Gasteiger partial charge < -0.3 is 11.1 Å². The van der Waals surface area contributed by atoms with Crippen LogP contribution in [0.5, 0.6) is 0 Å². The molecule has 4 unspecified atom stereocenters. The highest BCUT2D eigenvalue weighted by Crippen LogP contribution is 2.25. The molecule has 0 aromatic heterocycles. The van der Waals surface area contributed by atoms with Gasteiger partial charge in [-0.1, -0.05) is 26.7 Å². The summed E-state index contributed by atoms with van der Waals surface area (Å²) in [6.07, 6.45) is 5.41. The Morgan fingerprint density at radius 3 is 2.69 bits per heavy atom. The van der Waals surface area contributed by atoms with Crippen LogP contribution >= 0.6 is 0 Å². The minimum atomic E-state index is -0.123. The van der Waals surface area contributed by atoms with Crippen molar-refractivity contribution in [2.24, 2.45) is 17.6 Å². The van der Waals surface area contributed by atoms with Crippen LogP contribution in [0.25, 0.3) is 0 Å². The molecule has 0 radical (unpaired) electrons. The first-order valence-corrected chi connectivity index (χ1v) is 6.60. The standard InChI is InChI=1S/C13H26N2O/c1-4-9(2)10(3)15-12-7-5-6-11(8-12)13(14)16/h9-12,15H,4-8H2,1-3H3,(H2,14,16). The van der Waals surface area contributed by atoms with E-state index in [2.05, 4.69) is 26.1 Å². The number of amides is 1. The number of hydrogen-bond donors (Lipinski definition) is 2. The van der Waals surface area contributed by atoms with Gasteiger partial charge in [0.25, 0.3) is 0 Å². The van der Waals surface area contributed by atoms with Gasteiger partial charge in [0.1, 0.15) is 0 Å². The summed E-state index contributed by atoms with van der Waals surface area (Å²) >= 11 is 0. The fraction of sp³-hybridized carbons (Fsp3) is 0.923.